The van der Waals surface area contributed by atoms with Crippen LogP contribution < -0.4 is 0 Å². The zero-order valence-electron chi connectivity index (χ0n) is 14.4. The highest BCUT2D eigenvalue weighted by Crippen LogP contribution is 2.34. The monoisotopic (exact) mass is 332 g/mol. The molecule has 3 rings (SSSR count). The molecule has 0 aromatic heterocycles. The van der Waals surface area contributed by atoms with E-state index in [0.717, 1.165) is 45.8 Å². The first-order valence-electron chi connectivity index (χ1n) is 9.01. The normalized spacial score (nSPS) is 28.2. The average Bonchev–Trinajstić information content (AvgIpc) is 3.00. The van der Waals surface area contributed by atoms with Crippen molar-refractivity contribution in [3.05, 3.63) is 35.9 Å². The highest BCUT2D eigenvalue weighted by molar-refractivity contribution is 5.94. The number of aliphatic hydroxyl groups excluding tert-OH is 1. The number of carbonyl (C=O) groups is 1. The van der Waals surface area contributed by atoms with Crippen LogP contribution in [0.5, 0.6) is 0 Å². The summed E-state index contributed by atoms with van der Waals surface area (Å²) in [6.07, 6.45) is 1.03. The van der Waals surface area contributed by atoms with Crippen molar-refractivity contribution < 1.29 is 14.6 Å². The van der Waals surface area contributed by atoms with Gasteiger partial charge in [0.25, 0.3) is 5.91 Å². The SMILES string of the molecule is CC[C@@H]1CN(C(=O)c2ccccc2)[C@H](CO)[C@@H]1CN1CCOCC1. The third-order valence-corrected chi connectivity index (χ3v) is 5.50. The minimum atomic E-state index is -0.0921. The molecule has 0 radical (unpaired) electrons. The molecule has 5 nitrogen and oxygen atoms in total. The van der Waals surface area contributed by atoms with E-state index in [4.69, 9.17) is 4.74 Å². The van der Waals surface area contributed by atoms with E-state index in [9.17, 15) is 9.90 Å². The number of nitrogens with zero attached hydrogens (tertiary/aromatic N) is 2. The molecule has 0 aliphatic carbocycles. The predicted molar refractivity (Wildman–Crippen MR) is 92.9 cm³/mol. The van der Waals surface area contributed by atoms with Gasteiger partial charge in [-0.15, -0.1) is 0 Å². The second kappa shape index (κ2) is 8.10. The standard InChI is InChI=1S/C19H28N2O3/c1-2-15-12-21(19(23)16-6-4-3-5-7-16)18(14-22)17(15)13-20-8-10-24-11-9-20/h3-7,15,17-18,22H,2,8-14H2,1H3/t15-,17-,18-/m1/s1. The Kier molecular flexibility index (Phi) is 5.87. The van der Waals surface area contributed by atoms with Gasteiger partial charge in [0.1, 0.15) is 0 Å². The van der Waals surface area contributed by atoms with E-state index < -0.39 is 0 Å². The molecule has 0 spiro atoms. The van der Waals surface area contributed by atoms with Crippen molar-refractivity contribution in [1.82, 2.24) is 9.80 Å². The summed E-state index contributed by atoms with van der Waals surface area (Å²) in [6.45, 7) is 7.33. The van der Waals surface area contributed by atoms with Gasteiger partial charge in [-0.1, -0.05) is 31.5 Å². The lowest BCUT2D eigenvalue weighted by Crippen LogP contribution is -2.46. The van der Waals surface area contributed by atoms with E-state index in [1.165, 1.54) is 0 Å². The van der Waals surface area contributed by atoms with Gasteiger partial charge in [0.05, 0.1) is 25.9 Å². The number of aliphatic hydroxyl groups is 1. The number of carbonyl (C=O) groups excluding carboxylic acids is 1. The Bertz CT molecular complexity index is 531. The van der Waals surface area contributed by atoms with E-state index in [1.54, 1.807) is 0 Å². The second-order valence-corrected chi connectivity index (χ2v) is 6.82. The fraction of sp³-hybridized carbons (Fsp3) is 0.632. The molecule has 3 atom stereocenters. The first-order chi connectivity index (χ1) is 11.7. The second-order valence-electron chi connectivity index (χ2n) is 6.82. The zero-order valence-corrected chi connectivity index (χ0v) is 14.4. The Morgan fingerprint density at radius 2 is 1.96 bits per heavy atom. The van der Waals surface area contributed by atoms with Gasteiger partial charge < -0.3 is 14.7 Å². The van der Waals surface area contributed by atoms with Crippen molar-refractivity contribution in [3.8, 4) is 0 Å². The lowest BCUT2D eigenvalue weighted by molar-refractivity contribution is 0.0206. The summed E-state index contributed by atoms with van der Waals surface area (Å²) in [4.78, 5) is 17.2. The van der Waals surface area contributed by atoms with Crippen molar-refractivity contribution in [2.24, 2.45) is 11.8 Å². The molecular formula is C19H28N2O3. The van der Waals surface area contributed by atoms with Crippen LogP contribution in [-0.2, 0) is 4.74 Å². The van der Waals surface area contributed by atoms with Crippen molar-refractivity contribution in [3.63, 3.8) is 0 Å². The molecule has 2 saturated heterocycles. The number of hydrogen-bond acceptors (Lipinski definition) is 4. The van der Waals surface area contributed by atoms with Gasteiger partial charge in [0.2, 0.25) is 0 Å². The Hall–Kier alpha value is -1.43. The maximum absolute atomic E-state index is 12.9. The molecule has 1 aromatic rings. The molecule has 2 aliphatic heterocycles. The van der Waals surface area contributed by atoms with Gasteiger partial charge in [0.15, 0.2) is 0 Å². The van der Waals surface area contributed by atoms with Crippen LogP contribution in [-0.4, -0.2) is 72.9 Å². The number of benzene rings is 1. The van der Waals surface area contributed by atoms with E-state index in [-0.39, 0.29) is 18.6 Å². The number of morpholine rings is 1. The summed E-state index contributed by atoms with van der Waals surface area (Å²) < 4.78 is 5.43. The number of rotatable bonds is 5. The fourth-order valence-electron chi connectivity index (χ4n) is 4.07. The molecule has 24 heavy (non-hydrogen) atoms. The van der Waals surface area contributed by atoms with Crippen LogP contribution >= 0.6 is 0 Å². The molecule has 2 heterocycles. The highest BCUT2D eigenvalue weighted by atomic mass is 16.5. The smallest absolute Gasteiger partial charge is 0.254 e. The molecule has 0 saturated carbocycles. The summed E-state index contributed by atoms with van der Waals surface area (Å²) in [5.41, 5.74) is 0.706. The van der Waals surface area contributed by atoms with Crippen molar-refractivity contribution in [2.75, 3.05) is 46.0 Å². The third kappa shape index (κ3) is 3.63. The van der Waals surface area contributed by atoms with Gasteiger partial charge in [-0.2, -0.15) is 0 Å². The number of hydrogen-bond donors (Lipinski definition) is 1. The minimum Gasteiger partial charge on any atom is -0.394 e. The molecule has 1 amide bonds. The molecular weight excluding hydrogens is 304 g/mol. The largest absolute Gasteiger partial charge is 0.394 e. The predicted octanol–water partition coefficient (Wildman–Crippen LogP) is 1.48. The van der Waals surface area contributed by atoms with Gasteiger partial charge in [-0.05, 0) is 24.0 Å². The third-order valence-electron chi connectivity index (χ3n) is 5.50. The quantitative estimate of drug-likeness (QED) is 0.887. The van der Waals surface area contributed by atoms with Crippen LogP contribution in [0.4, 0.5) is 0 Å². The summed E-state index contributed by atoms with van der Waals surface area (Å²) in [7, 11) is 0. The average molecular weight is 332 g/mol. The fourth-order valence-corrected chi connectivity index (χ4v) is 4.07. The zero-order chi connectivity index (χ0) is 16.9. The van der Waals surface area contributed by atoms with Crippen LogP contribution in [0.15, 0.2) is 30.3 Å². The maximum Gasteiger partial charge on any atom is 0.254 e. The van der Waals surface area contributed by atoms with E-state index >= 15 is 0 Å². The van der Waals surface area contributed by atoms with Gasteiger partial charge in [0, 0.05) is 31.7 Å². The van der Waals surface area contributed by atoms with E-state index in [2.05, 4.69) is 11.8 Å². The molecule has 2 aliphatic rings. The summed E-state index contributed by atoms with van der Waals surface area (Å²) >= 11 is 0. The molecule has 5 heteroatoms. The van der Waals surface area contributed by atoms with Gasteiger partial charge >= 0.3 is 0 Å². The van der Waals surface area contributed by atoms with Crippen LogP contribution in [0.2, 0.25) is 0 Å². The highest BCUT2D eigenvalue weighted by Gasteiger charge is 2.43. The molecule has 1 aromatic carbocycles. The van der Waals surface area contributed by atoms with Crippen LogP contribution in [0, 0.1) is 11.8 Å². The summed E-state index contributed by atoms with van der Waals surface area (Å²) in [5.74, 6) is 0.806. The van der Waals surface area contributed by atoms with Crippen LogP contribution in [0.3, 0.4) is 0 Å². The van der Waals surface area contributed by atoms with Crippen molar-refractivity contribution in [2.45, 2.75) is 19.4 Å². The lowest BCUT2D eigenvalue weighted by atomic mass is 9.88. The van der Waals surface area contributed by atoms with E-state index in [1.807, 2.05) is 35.2 Å². The van der Waals surface area contributed by atoms with Gasteiger partial charge in [-0.25, -0.2) is 0 Å². The first-order valence-corrected chi connectivity index (χ1v) is 9.01. The number of likely N-dealkylation sites (tertiary alicyclic amines) is 1. The van der Waals surface area contributed by atoms with Crippen molar-refractivity contribution in [1.29, 1.82) is 0 Å². The Balaban J connectivity index is 1.75. The molecule has 2 fully saturated rings. The lowest BCUT2D eigenvalue weighted by Gasteiger charge is -2.33. The molecule has 132 valence electrons. The van der Waals surface area contributed by atoms with Crippen molar-refractivity contribution >= 4 is 5.91 Å². The summed E-state index contributed by atoms with van der Waals surface area (Å²) in [5, 5.41) is 10.0. The van der Waals surface area contributed by atoms with E-state index in [0.29, 0.717) is 17.4 Å². The Morgan fingerprint density at radius 3 is 2.58 bits per heavy atom. The Labute approximate surface area is 144 Å². The van der Waals surface area contributed by atoms with Crippen LogP contribution in [0.25, 0.3) is 0 Å². The summed E-state index contributed by atoms with van der Waals surface area (Å²) in [6, 6.07) is 9.31. The molecule has 0 bridgehead atoms. The molecule has 1 N–H and O–H groups in total. The van der Waals surface area contributed by atoms with Crippen LogP contribution in [0.1, 0.15) is 23.7 Å². The number of amides is 1. The number of ether oxygens (including phenoxy) is 1. The van der Waals surface area contributed by atoms with Gasteiger partial charge in [-0.3, -0.25) is 9.69 Å². The Morgan fingerprint density at radius 1 is 1.25 bits per heavy atom. The maximum atomic E-state index is 12.9. The topological polar surface area (TPSA) is 53.0 Å². The molecule has 0 unspecified atom stereocenters. The first kappa shape index (κ1) is 17.4. The minimum absolute atomic E-state index is 0.0318.